The van der Waals surface area contributed by atoms with Crippen LogP contribution in [0.1, 0.15) is 18.1 Å². The predicted octanol–water partition coefficient (Wildman–Crippen LogP) is 6.08. The maximum atomic E-state index is 2.41. The minimum Gasteiger partial charge on any atom is -0.0622 e. The third-order valence-electron chi connectivity index (χ3n) is 5.15. The third-order valence-corrected chi connectivity index (χ3v) is 8.19. The second-order valence-electron chi connectivity index (χ2n) is 6.81. The fourth-order valence-electron chi connectivity index (χ4n) is 3.77. The van der Waals surface area contributed by atoms with Crippen LogP contribution in [0.5, 0.6) is 0 Å². The van der Waals surface area contributed by atoms with E-state index >= 15 is 0 Å². The SMILES string of the molecule is CC(c1ccccc1)(c1ccccc1)P(c1ccccc1)c1ccccc1. The summed E-state index contributed by atoms with van der Waals surface area (Å²) in [6.07, 6.45) is 0. The number of benzene rings is 4. The van der Waals surface area contributed by atoms with E-state index in [0.717, 1.165) is 0 Å². The van der Waals surface area contributed by atoms with Crippen molar-refractivity contribution in [1.82, 2.24) is 0 Å². The van der Waals surface area contributed by atoms with E-state index in [-0.39, 0.29) is 5.16 Å². The van der Waals surface area contributed by atoms with Crippen molar-refractivity contribution in [2.24, 2.45) is 0 Å². The van der Waals surface area contributed by atoms with Gasteiger partial charge in [-0.3, -0.25) is 0 Å². The Morgan fingerprint density at radius 1 is 0.444 bits per heavy atom. The first-order valence-electron chi connectivity index (χ1n) is 9.31. The van der Waals surface area contributed by atoms with Gasteiger partial charge in [0.25, 0.3) is 0 Å². The van der Waals surface area contributed by atoms with Crippen LogP contribution >= 0.6 is 7.92 Å². The fraction of sp³-hybridized carbons (Fsp3) is 0.0769. The summed E-state index contributed by atoms with van der Waals surface area (Å²) in [5.74, 6) is 0. The van der Waals surface area contributed by atoms with Crippen LogP contribution in [0.25, 0.3) is 0 Å². The highest BCUT2D eigenvalue weighted by Gasteiger charge is 2.39. The standard InChI is InChI=1S/C26H23P/c1-26(22-14-6-2-7-15-22,23-16-8-3-9-17-23)27(24-18-10-4-11-19-24)25-20-12-5-13-21-25/h2-21H,1H3. The summed E-state index contributed by atoms with van der Waals surface area (Å²) in [6.45, 7) is 2.41. The normalized spacial score (nSPS) is 11.5. The lowest BCUT2D eigenvalue weighted by Gasteiger charge is -2.40. The van der Waals surface area contributed by atoms with Crippen molar-refractivity contribution in [3.05, 3.63) is 132 Å². The molecule has 0 N–H and O–H groups in total. The molecule has 0 bridgehead atoms. The van der Waals surface area contributed by atoms with Crippen molar-refractivity contribution in [2.45, 2.75) is 12.1 Å². The number of hydrogen-bond donors (Lipinski definition) is 0. The van der Waals surface area contributed by atoms with E-state index in [4.69, 9.17) is 0 Å². The molecule has 27 heavy (non-hydrogen) atoms. The van der Waals surface area contributed by atoms with Gasteiger partial charge in [0.1, 0.15) is 0 Å². The van der Waals surface area contributed by atoms with Crippen molar-refractivity contribution in [3.8, 4) is 0 Å². The van der Waals surface area contributed by atoms with Gasteiger partial charge in [-0.15, -0.1) is 0 Å². The molecule has 0 nitrogen and oxygen atoms in total. The second kappa shape index (κ2) is 7.91. The lowest BCUT2D eigenvalue weighted by atomic mass is 9.92. The Labute approximate surface area is 163 Å². The summed E-state index contributed by atoms with van der Waals surface area (Å²) in [5, 5.41) is 2.67. The third kappa shape index (κ3) is 3.46. The monoisotopic (exact) mass is 366 g/mol. The van der Waals surface area contributed by atoms with Gasteiger partial charge in [-0.2, -0.15) is 0 Å². The molecule has 4 aromatic rings. The molecule has 0 saturated carbocycles. The van der Waals surface area contributed by atoms with Crippen LogP contribution in [0.3, 0.4) is 0 Å². The quantitative estimate of drug-likeness (QED) is 0.375. The van der Waals surface area contributed by atoms with Gasteiger partial charge in [0, 0.05) is 5.16 Å². The average Bonchev–Trinajstić information content (AvgIpc) is 2.76. The van der Waals surface area contributed by atoms with Gasteiger partial charge in [0.15, 0.2) is 0 Å². The summed E-state index contributed by atoms with van der Waals surface area (Å²) in [4.78, 5) is 0. The van der Waals surface area contributed by atoms with E-state index in [9.17, 15) is 0 Å². The molecule has 132 valence electrons. The summed E-state index contributed by atoms with van der Waals surface area (Å²) in [5.41, 5.74) is 2.71. The summed E-state index contributed by atoms with van der Waals surface area (Å²) >= 11 is 0. The van der Waals surface area contributed by atoms with Crippen LogP contribution in [-0.4, -0.2) is 0 Å². The molecule has 0 fully saturated rings. The highest BCUT2D eigenvalue weighted by atomic mass is 31.1. The molecule has 0 saturated heterocycles. The first kappa shape index (κ1) is 17.7. The van der Waals surface area contributed by atoms with E-state index in [1.165, 1.54) is 21.7 Å². The van der Waals surface area contributed by atoms with Crippen LogP contribution < -0.4 is 10.6 Å². The highest BCUT2D eigenvalue weighted by molar-refractivity contribution is 7.74. The van der Waals surface area contributed by atoms with Crippen LogP contribution in [0.15, 0.2) is 121 Å². The molecule has 0 heterocycles. The van der Waals surface area contributed by atoms with Crippen LogP contribution in [0.2, 0.25) is 0 Å². The molecule has 0 spiro atoms. The first-order valence-corrected chi connectivity index (χ1v) is 10.7. The molecule has 0 aromatic heterocycles. The minimum atomic E-state index is -0.649. The molecular weight excluding hydrogens is 343 g/mol. The molecule has 0 amide bonds. The molecule has 0 aliphatic rings. The molecule has 4 aromatic carbocycles. The molecular formula is C26H23P. The smallest absolute Gasteiger partial charge is 0.0454 e. The molecule has 1 heteroatoms. The molecule has 0 radical (unpaired) electrons. The van der Waals surface area contributed by atoms with Gasteiger partial charge in [-0.25, -0.2) is 0 Å². The lowest BCUT2D eigenvalue weighted by molar-refractivity contribution is 0.828. The molecule has 0 aliphatic carbocycles. The zero-order chi connectivity index (χ0) is 18.5. The van der Waals surface area contributed by atoms with Crippen molar-refractivity contribution in [1.29, 1.82) is 0 Å². The Bertz CT molecular complexity index is 885. The van der Waals surface area contributed by atoms with E-state index in [1.807, 2.05) is 0 Å². The van der Waals surface area contributed by atoms with E-state index < -0.39 is 7.92 Å². The van der Waals surface area contributed by atoms with Crippen LogP contribution in [0.4, 0.5) is 0 Å². The molecule has 4 rings (SSSR count). The Kier molecular flexibility index (Phi) is 5.19. The van der Waals surface area contributed by atoms with Crippen molar-refractivity contribution in [3.63, 3.8) is 0 Å². The summed E-state index contributed by atoms with van der Waals surface area (Å²) in [6, 6.07) is 43.9. The van der Waals surface area contributed by atoms with E-state index in [1.54, 1.807) is 0 Å². The van der Waals surface area contributed by atoms with Crippen LogP contribution in [-0.2, 0) is 5.16 Å². The maximum absolute atomic E-state index is 2.41. The van der Waals surface area contributed by atoms with Gasteiger partial charge in [-0.1, -0.05) is 121 Å². The van der Waals surface area contributed by atoms with Gasteiger partial charge < -0.3 is 0 Å². The Morgan fingerprint density at radius 2 is 0.741 bits per heavy atom. The van der Waals surface area contributed by atoms with Gasteiger partial charge in [0.2, 0.25) is 0 Å². The second-order valence-corrected chi connectivity index (χ2v) is 9.41. The fourth-order valence-corrected chi connectivity index (χ4v) is 6.86. The lowest BCUT2D eigenvalue weighted by Crippen LogP contribution is -2.31. The highest BCUT2D eigenvalue weighted by Crippen LogP contribution is 2.57. The number of hydrogen-bond acceptors (Lipinski definition) is 0. The van der Waals surface area contributed by atoms with Crippen molar-refractivity contribution >= 4 is 18.5 Å². The topological polar surface area (TPSA) is 0 Å². The van der Waals surface area contributed by atoms with Crippen molar-refractivity contribution < 1.29 is 0 Å². The largest absolute Gasteiger partial charge is 0.0622 e. The summed E-state index contributed by atoms with van der Waals surface area (Å²) in [7, 11) is -0.649. The average molecular weight is 366 g/mol. The van der Waals surface area contributed by atoms with Gasteiger partial charge in [-0.05, 0) is 36.6 Å². The molecule has 0 atom stereocenters. The number of rotatable bonds is 5. The Hall–Kier alpha value is -2.69. The molecule has 0 unspecified atom stereocenters. The maximum Gasteiger partial charge on any atom is 0.0454 e. The zero-order valence-corrected chi connectivity index (χ0v) is 16.4. The molecule has 0 aliphatic heterocycles. The Balaban J connectivity index is 2.01. The van der Waals surface area contributed by atoms with Gasteiger partial charge >= 0.3 is 0 Å². The van der Waals surface area contributed by atoms with E-state index in [2.05, 4.69) is 128 Å². The predicted molar refractivity (Wildman–Crippen MR) is 118 cm³/mol. The zero-order valence-electron chi connectivity index (χ0n) is 15.5. The minimum absolute atomic E-state index is 0.124. The van der Waals surface area contributed by atoms with E-state index in [0.29, 0.717) is 0 Å². The van der Waals surface area contributed by atoms with Crippen LogP contribution in [0, 0.1) is 0 Å². The Morgan fingerprint density at radius 3 is 1.07 bits per heavy atom. The summed E-state index contributed by atoms with van der Waals surface area (Å²) < 4.78 is 0. The first-order chi connectivity index (χ1) is 13.3. The van der Waals surface area contributed by atoms with Crippen molar-refractivity contribution in [2.75, 3.05) is 0 Å². The van der Waals surface area contributed by atoms with Gasteiger partial charge in [0.05, 0.1) is 0 Å².